The third kappa shape index (κ3) is 10.2. The van der Waals surface area contributed by atoms with Gasteiger partial charge in [-0.05, 0) is 84.8 Å². The Morgan fingerprint density at radius 1 is 0.697 bits per heavy atom. The Labute approximate surface area is 440 Å². The summed E-state index contributed by atoms with van der Waals surface area (Å²) >= 11 is 13.6. The van der Waals surface area contributed by atoms with E-state index in [-0.39, 0.29) is 110 Å². The zero-order chi connectivity index (χ0) is 53.9. The number of hydrogen-bond acceptors (Lipinski definition) is 12. The van der Waals surface area contributed by atoms with Crippen molar-refractivity contribution in [3.63, 3.8) is 0 Å². The summed E-state index contributed by atoms with van der Waals surface area (Å²) in [5.74, 6) is 0.504. The molecule has 0 radical (unpaired) electrons. The van der Waals surface area contributed by atoms with Gasteiger partial charge in [-0.2, -0.15) is 0 Å². The van der Waals surface area contributed by atoms with Crippen molar-refractivity contribution in [1.82, 2.24) is 16.0 Å². The molecule has 4 aliphatic rings. The molecule has 9 rings (SSSR count). The first-order chi connectivity index (χ1) is 36.5. The molecule has 0 saturated carbocycles. The number of nitrogens with two attached hydrogens (primary N) is 1. The van der Waals surface area contributed by atoms with Gasteiger partial charge in [0.25, 0.3) is 17.7 Å². The van der Waals surface area contributed by atoms with E-state index in [1.165, 1.54) is 78.9 Å². The van der Waals surface area contributed by atoms with Crippen LogP contribution in [0.1, 0.15) is 69.8 Å². The number of benzene rings is 7. The van der Waals surface area contributed by atoms with Gasteiger partial charge in [-0.15, -0.1) is 11.7 Å². The summed E-state index contributed by atoms with van der Waals surface area (Å²) in [5.41, 5.74) is 7.70. The summed E-state index contributed by atoms with van der Waals surface area (Å²) in [6.45, 7) is 1.74. The summed E-state index contributed by atoms with van der Waals surface area (Å²) in [6, 6.07) is 27.6. The molecule has 76 heavy (non-hydrogen) atoms. The van der Waals surface area contributed by atoms with Crippen LogP contribution in [0.3, 0.4) is 0 Å². The van der Waals surface area contributed by atoms with Crippen molar-refractivity contribution in [1.29, 1.82) is 5.41 Å². The zero-order valence-electron chi connectivity index (χ0n) is 39.8. The Hall–Kier alpha value is -9.47. The average Bonchev–Trinajstić information content (AvgIpc) is 3.44. The van der Waals surface area contributed by atoms with Gasteiger partial charge in [-0.25, -0.2) is 9.59 Å². The van der Waals surface area contributed by atoms with Crippen molar-refractivity contribution in [2.24, 2.45) is 0 Å². The van der Waals surface area contributed by atoms with E-state index in [2.05, 4.69) is 27.8 Å². The number of carbonyl (C=O) groups excluding carboxylic acids is 3. The molecule has 0 aromatic heterocycles. The Kier molecular flexibility index (Phi) is 14.6. The maximum atomic E-state index is 13.7. The highest BCUT2D eigenvalue weighted by Crippen LogP contribution is 2.47. The van der Waals surface area contributed by atoms with E-state index < -0.39 is 46.4 Å². The van der Waals surface area contributed by atoms with Gasteiger partial charge >= 0.3 is 11.9 Å². The number of nitrogens with one attached hydrogen (secondary N) is 4. The highest BCUT2D eigenvalue weighted by atomic mass is 35.5. The normalized spacial score (nSPS) is 11.1. The molecule has 8 N–H and O–H groups in total. The van der Waals surface area contributed by atoms with E-state index in [1.54, 1.807) is 43.3 Å². The van der Waals surface area contributed by atoms with Gasteiger partial charge in [0.2, 0.25) is 0 Å². The number of aromatic carboxylic acids is 2. The second kappa shape index (κ2) is 21.5. The second-order valence-electron chi connectivity index (χ2n) is 17.1. The summed E-state index contributed by atoms with van der Waals surface area (Å²) in [6.07, 6.45) is 0. The maximum Gasteiger partial charge on any atom is 0.337 e. The number of carboxylic acids is 2. The third-order valence-corrected chi connectivity index (χ3v) is 13.0. The molecule has 0 fully saturated rings. The van der Waals surface area contributed by atoms with Crippen molar-refractivity contribution in [2.45, 2.75) is 20.0 Å². The SMILES string of the molecule is CC#CCOCCNC(=O)c1ccc(-c2c3ccc(=O)cc-3oc3c(CNC(=O)c4ccc(CNC(=O)c5cc(Cl)c(-c6c7ccc(=N)cc-7oc7cc(N)ccc67)c(C(=O)O)c5Cl)cc4)c([O-])ccc23)c(C(=O)O)c1. The summed E-state index contributed by atoms with van der Waals surface area (Å²) in [5, 5.41) is 51.2. The molecule has 0 spiro atoms. The number of anilines is 1. The molecule has 380 valence electrons. The van der Waals surface area contributed by atoms with Crippen molar-refractivity contribution < 1.29 is 52.9 Å². The number of ether oxygens (including phenoxy) is 1. The van der Waals surface area contributed by atoms with Crippen molar-refractivity contribution in [3.05, 3.63) is 180 Å². The number of amides is 3. The number of carbonyl (C=O) groups is 5. The van der Waals surface area contributed by atoms with Crippen molar-refractivity contribution in [3.8, 4) is 62.5 Å². The smallest absolute Gasteiger partial charge is 0.337 e. The number of nitrogen functional groups attached to an aromatic ring is 1. The van der Waals surface area contributed by atoms with Crippen LogP contribution in [0.15, 0.2) is 129 Å². The van der Waals surface area contributed by atoms with E-state index >= 15 is 0 Å². The van der Waals surface area contributed by atoms with Crippen LogP contribution in [0.5, 0.6) is 5.75 Å². The molecule has 19 heteroatoms. The number of rotatable bonds is 15. The molecule has 0 atom stereocenters. The predicted octanol–water partition coefficient (Wildman–Crippen LogP) is 8.55. The topological polar surface area (TPSA) is 287 Å². The molecule has 0 unspecified atom stereocenters. The lowest BCUT2D eigenvalue weighted by atomic mass is 9.89. The van der Waals surface area contributed by atoms with E-state index in [4.69, 9.17) is 47.9 Å². The minimum atomic E-state index is -1.46. The highest BCUT2D eigenvalue weighted by molar-refractivity contribution is 6.41. The second-order valence-corrected chi connectivity index (χ2v) is 17.9. The fourth-order valence-electron chi connectivity index (χ4n) is 8.78. The van der Waals surface area contributed by atoms with Crippen LogP contribution in [-0.4, -0.2) is 59.6 Å². The maximum absolute atomic E-state index is 13.7. The number of carboxylic acid groups (broad SMARTS) is 2. The van der Waals surface area contributed by atoms with Crippen LogP contribution in [0.25, 0.3) is 66.8 Å². The van der Waals surface area contributed by atoms with Crippen molar-refractivity contribution >= 4 is 80.5 Å². The van der Waals surface area contributed by atoms with E-state index in [0.29, 0.717) is 44.5 Å². The molecule has 2 aliphatic heterocycles. The zero-order valence-corrected chi connectivity index (χ0v) is 41.3. The van der Waals surface area contributed by atoms with Gasteiger partial charge in [0.1, 0.15) is 29.3 Å². The van der Waals surface area contributed by atoms with Gasteiger partial charge < -0.3 is 56.0 Å². The summed E-state index contributed by atoms with van der Waals surface area (Å²) in [4.78, 5) is 78.8. The Morgan fingerprint density at radius 2 is 1.38 bits per heavy atom. The van der Waals surface area contributed by atoms with Gasteiger partial charge in [0.15, 0.2) is 5.43 Å². The minimum Gasteiger partial charge on any atom is -0.872 e. The van der Waals surface area contributed by atoms with Gasteiger partial charge in [-0.1, -0.05) is 59.5 Å². The lowest BCUT2D eigenvalue weighted by Gasteiger charge is -2.22. The summed E-state index contributed by atoms with van der Waals surface area (Å²) in [7, 11) is 0. The van der Waals surface area contributed by atoms with E-state index in [9.17, 15) is 44.1 Å². The van der Waals surface area contributed by atoms with Crippen LogP contribution in [0.4, 0.5) is 5.69 Å². The first-order valence-corrected chi connectivity index (χ1v) is 23.8. The molecule has 17 nitrogen and oxygen atoms in total. The molecule has 5 aromatic rings. The van der Waals surface area contributed by atoms with E-state index in [1.807, 2.05) is 0 Å². The van der Waals surface area contributed by atoms with Crippen LogP contribution in [0.2, 0.25) is 10.0 Å². The molecular formula is C57H40Cl2N5O12-. The Morgan fingerprint density at radius 3 is 2.13 bits per heavy atom. The molecule has 2 heterocycles. The van der Waals surface area contributed by atoms with E-state index in [0.717, 1.165) is 0 Å². The number of fused-ring (bicyclic) bond motifs is 4. The van der Waals surface area contributed by atoms with Crippen LogP contribution < -0.4 is 37.6 Å². The lowest BCUT2D eigenvalue weighted by molar-refractivity contribution is -0.269. The molecule has 3 amide bonds. The monoisotopic (exact) mass is 1060 g/mol. The first kappa shape index (κ1) is 51.4. The van der Waals surface area contributed by atoms with Crippen LogP contribution in [0, 0.1) is 17.3 Å². The predicted molar refractivity (Wildman–Crippen MR) is 282 cm³/mol. The lowest BCUT2D eigenvalue weighted by Crippen LogP contribution is -2.27. The van der Waals surface area contributed by atoms with Crippen molar-refractivity contribution in [2.75, 3.05) is 25.5 Å². The Bertz CT molecular complexity index is 4010. The molecular weight excluding hydrogens is 1020 g/mol. The highest BCUT2D eigenvalue weighted by Gasteiger charge is 2.30. The molecule has 5 aromatic carbocycles. The van der Waals surface area contributed by atoms with Crippen LogP contribution in [-0.2, 0) is 17.8 Å². The van der Waals surface area contributed by atoms with Gasteiger partial charge in [-0.3, -0.25) is 19.2 Å². The molecule has 2 aliphatic carbocycles. The number of hydrogen-bond donors (Lipinski definition) is 7. The average molecular weight is 1060 g/mol. The first-order valence-electron chi connectivity index (χ1n) is 23.1. The molecule has 0 bridgehead atoms. The fraction of sp³-hybridized carbons (Fsp3) is 0.105. The Balaban J connectivity index is 0.942. The fourth-order valence-corrected chi connectivity index (χ4v) is 9.39. The summed E-state index contributed by atoms with van der Waals surface area (Å²) < 4.78 is 17.6. The van der Waals surface area contributed by atoms with Crippen LogP contribution >= 0.6 is 23.2 Å². The quantitative estimate of drug-likeness (QED) is 0.0219. The number of halogens is 2. The molecule has 0 saturated heterocycles. The third-order valence-electron chi connectivity index (χ3n) is 12.4. The van der Waals surface area contributed by atoms with Gasteiger partial charge in [0.05, 0.1) is 38.7 Å². The standard InChI is InChI=1S/C57H41Cl2N5O12/c1-2-3-19-74-20-18-62-54(68)30-8-12-34(39(21-30)56(70)71)47-35-15-11-33(65)24-46(35)76-52-38(47)16-17-43(66)41(52)27-64-53(67)29-6-4-28(5-7-29)26-63-55(69)40-25-42(58)49(50(51(40)59)57(72)73)48-36-13-9-31(60)22-44(36)75-45-23-32(61)10-14-37(45)48/h4-17,21-25,60,66H,18-20,26-27,61H2,1H3,(H,62,68)(H,63,69)(H,64,67)(H,70,71)(H,72,73)/p-1. The minimum absolute atomic E-state index is 0.00333. The van der Waals surface area contributed by atoms with Gasteiger partial charge in [0, 0.05) is 98.8 Å². The largest absolute Gasteiger partial charge is 0.872 e.